The number of rotatable bonds is 9. The van der Waals surface area contributed by atoms with E-state index in [0.717, 1.165) is 6.42 Å². The average molecular weight is 259 g/mol. The van der Waals surface area contributed by atoms with Crippen molar-refractivity contribution in [2.75, 3.05) is 40.4 Å². The van der Waals surface area contributed by atoms with Crippen LogP contribution in [-0.2, 0) is 14.3 Å². The first-order valence-electron chi connectivity index (χ1n) is 6.26. The minimum absolute atomic E-state index is 0.0171. The van der Waals surface area contributed by atoms with Gasteiger partial charge in [-0.2, -0.15) is 0 Å². The Labute approximate surface area is 109 Å². The molecule has 0 aromatic heterocycles. The number of hydrogen-bond acceptors (Lipinski definition) is 4. The Balaban J connectivity index is 3.77. The van der Waals surface area contributed by atoms with Crippen LogP contribution in [-0.4, -0.2) is 63.2 Å². The van der Waals surface area contributed by atoms with Gasteiger partial charge in [0.1, 0.15) is 0 Å². The molecular weight excluding hydrogens is 234 g/mol. The summed E-state index contributed by atoms with van der Waals surface area (Å²) in [5, 5.41) is 5.68. The van der Waals surface area contributed by atoms with Gasteiger partial charge in [0.25, 0.3) is 0 Å². The molecule has 18 heavy (non-hydrogen) atoms. The number of methoxy groups -OCH3 is 1. The zero-order valence-corrected chi connectivity index (χ0v) is 11.8. The van der Waals surface area contributed by atoms with Gasteiger partial charge in [0.2, 0.25) is 11.8 Å². The Kier molecular flexibility index (Phi) is 9.22. The maximum atomic E-state index is 11.6. The molecule has 0 spiro atoms. The second-order valence-corrected chi connectivity index (χ2v) is 4.15. The van der Waals surface area contributed by atoms with E-state index in [0.29, 0.717) is 19.7 Å². The van der Waals surface area contributed by atoms with Crippen molar-refractivity contribution >= 4 is 11.8 Å². The number of ether oxygens (including phenoxy) is 1. The van der Waals surface area contributed by atoms with Gasteiger partial charge < -0.3 is 15.0 Å². The number of likely N-dealkylation sites (N-methyl/N-ethyl adjacent to an activating group) is 1. The summed E-state index contributed by atoms with van der Waals surface area (Å²) in [7, 11) is 3.36. The van der Waals surface area contributed by atoms with Crippen molar-refractivity contribution in [1.82, 2.24) is 15.5 Å². The van der Waals surface area contributed by atoms with Crippen LogP contribution in [0.3, 0.4) is 0 Å². The lowest BCUT2D eigenvalue weighted by molar-refractivity contribution is -0.129. The highest BCUT2D eigenvalue weighted by Gasteiger charge is 2.14. The molecular formula is C12H25N3O3. The largest absolute Gasteiger partial charge is 0.385 e. The van der Waals surface area contributed by atoms with E-state index in [-0.39, 0.29) is 24.4 Å². The summed E-state index contributed by atoms with van der Waals surface area (Å²) >= 11 is 0. The van der Waals surface area contributed by atoms with E-state index in [2.05, 4.69) is 10.6 Å². The molecule has 0 aromatic carbocycles. The van der Waals surface area contributed by atoms with Gasteiger partial charge in [-0.05, 0) is 20.3 Å². The molecule has 0 saturated carbocycles. The van der Waals surface area contributed by atoms with E-state index >= 15 is 0 Å². The first-order chi connectivity index (χ1) is 8.52. The van der Waals surface area contributed by atoms with Crippen LogP contribution in [0.15, 0.2) is 0 Å². The predicted octanol–water partition coefficient (Wildman–Crippen LogP) is -0.404. The van der Waals surface area contributed by atoms with Crippen LogP contribution < -0.4 is 10.6 Å². The smallest absolute Gasteiger partial charge is 0.236 e. The molecule has 0 aliphatic carbocycles. The third-order valence-electron chi connectivity index (χ3n) is 2.68. The van der Waals surface area contributed by atoms with Crippen LogP contribution in [0.25, 0.3) is 0 Å². The summed E-state index contributed by atoms with van der Waals surface area (Å²) in [4.78, 5) is 24.7. The zero-order valence-electron chi connectivity index (χ0n) is 11.8. The van der Waals surface area contributed by atoms with E-state index in [1.807, 2.05) is 6.92 Å². The van der Waals surface area contributed by atoms with Gasteiger partial charge >= 0.3 is 0 Å². The first kappa shape index (κ1) is 16.9. The monoisotopic (exact) mass is 259 g/mol. The summed E-state index contributed by atoms with van der Waals surface area (Å²) in [6.45, 7) is 5.70. The van der Waals surface area contributed by atoms with Crippen molar-refractivity contribution in [3.63, 3.8) is 0 Å². The minimum atomic E-state index is -0.373. The molecule has 1 unspecified atom stereocenters. The molecule has 2 amide bonds. The van der Waals surface area contributed by atoms with Crippen LogP contribution >= 0.6 is 0 Å². The molecule has 106 valence electrons. The van der Waals surface area contributed by atoms with Crippen LogP contribution in [0.5, 0.6) is 0 Å². The molecule has 0 saturated heterocycles. The highest BCUT2D eigenvalue weighted by Crippen LogP contribution is 1.86. The molecule has 0 heterocycles. The molecule has 0 fully saturated rings. The Morgan fingerprint density at radius 1 is 1.39 bits per heavy atom. The number of hydrogen-bond donors (Lipinski definition) is 2. The van der Waals surface area contributed by atoms with E-state index in [4.69, 9.17) is 4.74 Å². The summed E-state index contributed by atoms with van der Waals surface area (Å²) in [6.07, 6.45) is 0.784. The van der Waals surface area contributed by atoms with Gasteiger partial charge in [-0.1, -0.05) is 0 Å². The van der Waals surface area contributed by atoms with Crippen molar-refractivity contribution in [3.05, 3.63) is 0 Å². The second-order valence-electron chi connectivity index (χ2n) is 4.15. The summed E-state index contributed by atoms with van der Waals surface area (Å²) in [6, 6.07) is -0.373. The molecule has 0 aliphatic heterocycles. The molecule has 1 atom stereocenters. The predicted molar refractivity (Wildman–Crippen MR) is 70.3 cm³/mol. The second kappa shape index (κ2) is 9.85. The van der Waals surface area contributed by atoms with Gasteiger partial charge in [-0.25, -0.2) is 0 Å². The number of nitrogens with one attached hydrogen (secondary N) is 2. The lowest BCUT2D eigenvalue weighted by Crippen LogP contribution is -2.46. The fraction of sp³-hybridized carbons (Fsp3) is 0.833. The molecule has 0 radical (unpaired) electrons. The maximum absolute atomic E-state index is 11.6. The zero-order chi connectivity index (χ0) is 14.0. The standard InChI is InChI=1S/C12H25N3O3/c1-5-15(3)11(16)9-14-10(2)12(17)13-7-6-8-18-4/h10,14H,5-9H2,1-4H3,(H,13,17). The Morgan fingerprint density at radius 3 is 2.61 bits per heavy atom. The number of carbonyl (C=O) groups is 2. The highest BCUT2D eigenvalue weighted by molar-refractivity contribution is 5.83. The van der Waals surface area contributed by atoms with Gasteiger partial charge in [0, 0.05) is 33.9 Å². The molecule has 0 bridgehead atoms. The Hall–Kier alpha value is -1.14. The summed E-state index contributed by atoms with van der Waals surface area (Å²) in [5.41, 5.74) is 0. The van der Waals surface area contributed by atoms with Crippen molar-refractivity contribution < 1.29 is 14.3 Å². The average Bonchev–Trinajstić information content (AvgIpc) is 2.39. The lowest BCUT2D eigenvalue weighted by atomic mass is 10.3. The molecule has 6 heteroatoms. The number of carbonyl (C=O) groups excluding carboxylic acids is 2. The first-order valence-corrected chi connectivity index (χ1v) is 6.26. The summed E-state index contributed by atoms with van der Waals surface area (Å²) in [5.74, 6) is -0.116. The number of nitrogens with zero attached hydrogens (tertiary/aromatic N) is 1. The van der Waals surface area contributed by atoms with Crippen LogP contribution in [0.2, 0.25) is 0 Å². The molecule has 0 rings (SSSR count). The minimum Gasteiger partial charge on any atom is -0.385 e. The van der Waals surface area contributed by atoms with E-state index in [9.17, 15) is 9.59 Å². The molecule has 0 aromatic rings. The Morgan fingerprint density at radius 2 is 2.06 bits per heavy atom. The van der Waals surface area contributed by atoms with Crippen LogP contribution in [0.4, 0.5) is 0 Å². The fourth-order valence-corrected chi connectivity index (χ4v) is 1.23. The van der Waals surface area contributed by atoms with E-state index in [1.165, 1.54) is 0 Å². The van der Waals surface area contributed by atoms with Crippen LogP contribution in [0, 0.1) is 0 Å². The van der Waals surface area contributed by atoms with Gasteiger partial charge in [0.05, 0.1) is 12.6 Å². The van der Waals surface area contributed by atoms with Gasteiger partial charge in [0.15, 0.2) is 0 Å². The van der Waals surface area contributed by atoms with E-state index in [1.54, 1.807) is 26.0 Å². The Bertz CT molecular complexity index is 259. The van der Waals surface area contributed by atoms with Crippen molar-refractivity contribution in [1.29, 1.82) is 0 Å². The quantitative estimate of drug-likeness (QED) is 0.553. The topological polar surface area (TPSA) is 70.7 Å². The number of amides is 2. The van der Waals surface area contributed by atoms with Crippen molar-refractivity contribution in [2.24, 2.45) is 0 Å². The fourth-order valence-electron chi connectivity index (χ4n) is 1.23. The third-order valence-corrected chi connectivity index (χ3v) is 2.68. The highest BCUT2D eigenvalue weighted by atomic mass is 16.5. The third kappa shape index (κ3) is 7.24. The van der Waals surface area contributed by atoms with Gasteiger partial charge in [-0.3, -0.25) is 14.9 Å². The SMILES string of the molecule is CCN(C)C(=O)CNC(C)C(=O)NCCCOC. The molecule has 2 N–H and O–H groups in total. The van der Waals surface area contributed by atoms with Gasteiger partial charge in [-0.15, -0.1) is 0 Å². The normalized spacial score (nSPS) is 12.0. The maximum Gasteiger partial charge on any atom is 0.236 e. The lowest BCUT2D eigenvalue weighted by Gasteiger charge is -2.17. The van der Waals surface area contributed by atoms with Crippen molar-refractivity contribution in [3.8, 4) is 0 Å². The molecule has 0 aliphatic rings. The van der Waals surface area contributed by atoms with E-state index < -0.39 is 0 Å². The van der Waals surface area contributed by atoms with Crippen molar-refractivity contribution in [2.45, 2.75) is 26.3 Å². The molecule has 6 nitrogen and oxygen atoms in total. The summed E-state index contributed by atoms with van der Waals surface area (Å²) < 4.78 is 4.88. The van der Waals surface area contributed by atoms with Crippen LogP contribution in [0.1, 0.15) is 20.3 Å².